The number of aromatic nitrogens is 2. The maximum absolute atomic E-state index is 4.24. The zero-order valence-electron chi connectivity index (χ0n) is 13.6. The average molecular weight is 285 g/mol. The van der Waals surface area contributed by atoms with Crippen molar-refractivity contribution in [2.45, 2.75) is 45.6 Å². The van der Waals surface area contributed by atoms with Crippen LogP contribution in [0.5, 0.6) is 0 Å². The van der Waals surface area contributed by atoms with Crippen LogP contribution in [0, 0.1) is 0 Å². The van der Waals surface area contributed by atoms with Crippen LogP contribution in [0.1, 0.15) is 56.0 Å². The van der Waals surface area contributed by atoms with Crippen molar-refractivity contribution in [1.82, 2.24) is 15.1 Å². The normalized spacial score (nSPS) is 12.8. The molecule has 0 amide bonds. The van der Waals surface area contributed by atoms with Crippen molar-refractivity contribution in [2.75, 3.05) is 6.54 Å². The lowest BCUT2D eigenvalue weighted by molar-refractivity contribution is 0.506. The van der Waals surface area contributed by atoms with Crippen LogP contribution in [0.15, 0.2) is 36.5 Å². The van der Waals surface area contributed by atoms with Crippen molar-refractivity contribution < 1.29 is 0 Å². The fourth-order valence-corrected chi connectivity index (χ4v) is 2.68. The summed E-state index contributed by atoms with van der Waals surface area (Å²) in [7, 11) is 2.01. The van der Waals surface area contributed by atoms with Crippen molar-refractivity contribution in [2.24, 2.45) is 7.05 Å². The maximum atomic E-state index is 4.24. The number of hydrogen-bond donors (Lipinski definition) is 1. The fraction of sp³-hybridized carbons (Fsp3) is 0.500. The van der Waals surface area contributed by atoms with Gasteiger partial charge in [0, 0.05) is 25.0 Å². The minimum atomic E-state index is 0.408. The third kappa shape index (κ3) is 4.18. The lowest BCUT2D eigenvalue weighted by Crippen LogP contribution is -2.21. The fourth-order valence-electron chi connectivity index (χ4n) is 2.68. The summed E-state index contributed by atoms with van der Waals surface area (Å²) in [4.78, 5) is 0. The molecule has 1 aromatic heterocycles. The molecule has 2 rings (SSSR count). The molecule has 0 saturated heterocycles. The largest absolute Gasteiger partial charge is 0.310 e. The Labute approximate surface area is 128 Å². The Kier molecular flexibility index (Phi) is 5.57. The van der Waals surface area contributed by atoms with E-state index in [-0.39, 0.29) is 0 Å². The highest BCUT2D eigenvalue weighted by atomic mass is 15.2. The minimum absolute atomic E-state index is 0.408. The standard InChI is InChI=1S/C18H27N3/c1-5-19-18(11-10-17-12-13-20-21(17)4)16-8-6-15(7-9-16)14(2)3/h6-9,12-14,18-19H,5,10-11H2,1-4H3. The molecule has 0 bridgehead atoms. The summed E-state index contributed by atoms with van der Waals surface area (Å²) in [6.07, 6.45) is 4.00. The Hall–Kier alpha value is -1.61. The molecule has 21 heavy (non-hydrogen) atoms. The highest BCUT2D eigenvalue weighted by molar-refractivity contribution is 5.27. The molecule has 1 unspecified atom stereocenters. The molecule has 3 nitrogen and oxygen atoms in total. The number of benzene rings is 1. The van der Waals surface area contributed by atoms with Crippen molar-refractivity contribution in [1.29, 1.82) is 0 Å². The molecule has 114 valence electrons. The Morgan fingerprint density at radius 2 is 1.76 bits per heavy atom. The first-order chi connectivity index (χ1) is 10.1. The molecule has 0 aliphatic rings. The average Bonchev–Trinajstić information content (AvgIpc) is 2.89. The van der Waals surface area contributed by atoms with Gasteiger partial charge in [-0.3, -0.25) is 4.68 Å². The van der Waals surface area contributed by atoms with Gasteiger partial charge in [-0.2, -0.15) is 5.10 Å². The predicted octanol–water partition coefficient (Wildman–Crippen LogP) is 3.83. The minimum Gasteiger partial charge on any atom is -0.310 e. The van der Waals surface area contributed by atoms with E-state index in [1.54, 1.807) is 0 Å². The third-order valence-corrected chi connectivity index (χ3v) is 4.07. The van der Waals surface area contributed by atoms with Crippen LogP contribution in [0.2, 0.25) is 0 Å². The first kappa shape index (κ1) is 15.8. The molecule has 3 heteroatoms. The van der Waals surface area contributed by atoms with E-state index in [4.69, 9.17) is 0 Å². The SMILES string of the molecule is CCNC(CCc1ccnn1C)c1ccc(C(C)C)cc1. The van der Waals surface area contributed by atoms with Gasteiger partial charge in [0.1, 0.15) is 0 Å². The van der Waals surface area contributed by atoms with Crippen LogP contribution in [-0.2, 0) is 13.5 Å². The number of rotatable bonds is 7. The van der Waals surface area contributed by atoms with Gasteiger partial charge in [-0.1, -0.05) is 45.0 Å². The second kappa shape index (κ2) is 7.41. The molecule has 2 aromatic rings. The molecule has 0 radical (unpaired) electrons. The van der Waals surface area contributed by atoms with E-state index in [0.717, 1.165) is 19.4 Å². The van der Waals surface area contributed by atoms with Crippen LogP contribution >= 0.6 is 0 Å². The van der Waals surface area contributed by atoms with Gasteiger partial charge in [-0.05, 0) is 42.5 Å². The Bertz CT molecular complexity index is 540. The van der Waals surface area contributed by atoms with Crippen LogP contribution in [0.3, 0.4) is 0 Å². The van der Waals surface area contributed by atoms with Gasteiger partial charge in [0.15, 0.2) is 0 Å². The second-order valence-corrected chi connectivity index (χ2v) is 5.92. The van der Waals surface area contributed by atoms with Gasteiger partial charge < -0.3 is 5.32 Å². The van der Waals surface area contributed by atoms with Crippen LogP contribution in [0.25, 0.3) is 0 Å². The van der Waals surface area contributed by atoms with Crippen LogP contribution < -0.4 is 5.32 Å². The predicted molar refractivity (Wildman–Crippen MR) is 88.5 cm³/mol. The van der Waals surface area contributed by atoms with E-state index < -0.39 is 0 Å². The summed E-state index contributed by atoms with van der Waals surface area (Å²) in [5.74, 6) is 0.589. The first-order valence-corrected chi connectivity index (χ1v) is 7.92. The van der Waals surface area contributed by atoms with Gasteiger partial charge in [0.25, 0.3) is 0 Å². The summed E-state index contributed by atoms with van der Waals surface area (Å²) in [5, 5.41) is 7.84. The van der Waals surface area contributed by atoms with Crippen molar-refractivity contribution in [3.05, 3.63) is 53.3 Å². The number of hydrogen-bond acceptors (Lipinski definition) is 2. The van der Waals surface area contributed by atoms with Gasteiger partial charge in [-0.15, -0.1) is 0 Å². The summed E-state index contributed by atoms with van der Waals surface area (Å²) < 4.78 is 1.96. The maximum Gasteiger partial charge on any atom is 0.0492 e. The summed E-state index contributed by atoms with van der Waals surface area (Å²) in [5.41, 5.74) is 4.07. The highest BCUT2D eigenvalue weighted by Gasteiger charge is 2.12. The molecule has 0 aliphatic carbocycles. The number of nitrogens with zero attached hydrogens (tertiary/aromatic N) is 2. The zero-order valence-corrected chi connectivity index (χ0v) is 13.6. The lowest BCUT2D eigenvalue weighted by atomic mass is 9.96. The highest BCUT2D eigenvalue weighted by Crippen LogP contribution is 2.22. The van der Waals surface area contributed by atoms with E-state index in [1.807, 2.05) is 17.9 Å². The molecule has 1 atom stereocenters. The molecule has 1 aromatic carbocycles. The van der Waals surface area contributed by atoms with E-state index in [1.165, 1.54) is 16.8 Å². The van der Waals surface area contributed by atoms with E-state index >= 15 is 0 Å². The third-order valence-electron chi connectivity index (χ3n) is 4.07. The van der Waals surface area contributed by atoms with Crippen LogP contribution in [0.4, 0.5) is 0 Å². The molecule has 0 saturated carbocycles. The molecule has 1 N–H and O–H groups in total. The summed E-state index contributed by atoms with van der Waals surface area (Å²) in [6, 6.07) is 11.6. The van der Waals surface area contributed by atoms with Crippen LogP contribution in [-0.4, -0.2) is 16.3 Å². The van der Waals surface area contributed by atoms with Gasteiger partial charge >= 0.3 is 0 Å². The lowest BCUT2D eigenvalue weighted by Gasteiger charge is -2.19. The zero-order chi connectivity index (χ0) is 15.2. The van der Waals surface area contributed by atoms with Gasteiger partial charge in [0.05, 0.1) is 0 Å². The van der Waals surface area contributed by atoms with E-state index in [0.29, 0.717) is 12.0 Å². The van der Waals surface area contributed by atoms with Gasteiger partial charge in [-0.25, -0.2) is 0 Å². The first-order valence-electron chi connectivity index (χ1n) is 7.92. The molecular formula is C18H27N3. The van der Waals surface area contributed by atoms with Crippen molar-refractivity contribution in [3.8, 4) is 0 Å². The topological polar surface area (TPSA) is 29.9 Å². The quantitative estimate of drug-likeness (QED) is 0.838. The Morgan fingerprint density at radius 3 is 2.29 bits per heavy atom. The molecule has 0 spiro atoms. The van der Waals surface area contributed by atoms with Gasteiger partial charge in [0.2, 0.25) is 0 Å². The molecule has 0 aliphatic heterocycles. The van der Waals surface area contributed by atoms with E-state index in [9.17, 15) is 0 Å². The summed E-state index contributed by atoms with van der Waals surface area (Å²) >= 11 is 0. The molecule has 0 fully saturated rings. The Balaban J connectivity index is 2.05. The van der Waals surface area contributed by atoms with E-state index in [2.05, 4.69) is 61.5 Å². The Morgan fingerprint density at radius 1 is 1.10 bits per heavy atom. The number of nitrogens with one attached hydrogen (secondary N) is 1. The smallest absolute Gasteiger partial charge is 0.0492 e. The molecular weight excluding hydrogens is 258 g/mol. The van der Waals surface area contributed by atoms with Crippen molar-refractivity contribution >= 4 is 0 Å². The number of aryl methyl sites for hydroxylation is 2. The second-order valence-electron chi connectivity index (χ2n) is 5.92. The monoisotopic (exact) mass is 285 g/mol. The molecule has 1 heterocycles. The van der Waals surface area contributed by atoms with Crippen molar-refractivity contribution in [3.63, 3.8) is 0 Å². The summed E-state index contributed by atoms with van der Waals surface area (Å²) in [6.45, 7) is 7.62.